The van der Waals surface area contributed by atoms with Crippen LogP contribution in [0, 0.1) is 0 Å². The van der Waals surface area contributed by atoms with Gasteiger partial charge in [-0.05, 0) is 31.4 Å². The van der Waals surface area contributed by atoms with E-state index in [2.05, 4.69) is 10.6 Å². The van der Waals surface area contributed by atoms with Gasteiger partial charge >= 0.3 is 6.18 Å². The SMILES string of the molecule is C[C@H]1OCCN[C@@H]1C(=O)NCC1(c2cccc(C(F)(F)F)c2)CC1.Cl. The molecule has 1 saturated heterocycles. The molecule has 2 atom stereocenters. The van der Waals surface area contributed by atoms with Crippen LogP contribution in [0.2, 0.25) is 0 Å². The Morgan fingerprint density at radius 3 is 2.72 bits per heavy atom. The summed E-state index contributed by atoms with van der Waals surface area (Å²) in [5.74, 6) is -0.166. The third kappa shape index (κ3) is 4.46. The molecule has 0 bridgehead atoms. The number of nitrogens with one attached hydrogen (secondary N) is 2. The van der Waals surface area contributed by atoms with Crippen molar-refractivity contribution < 1.29 is 22.7 Å². The molecule has 0 spiro atoms. The van der Waals surface area contributed by atoms with Gasteiger partial charge in [-0.1, -0.05) is 18.2 Å². The van der Waals surface area contributed by atoms with Gasteiger partial charge in [0.15, 0.2) is 0 Å². The second-order valence-electron chi connectivity index (χ2n) is 6.58. The molecule has 25 heavy (non-hydrogen) atoms. The lowest BCUT2D eigenvalue weighted by Gasteiger charge is -2.30. The molecule has 0 aromatic heterocycles. The lowest BCUT2D eigenvalue weighted by Crippen LogP contribution is -2.56. The van der Waals surface area contributed by atoms with E-state index in [1.807, 2.05) is 6.92 Å². The number of benzene rings is 1. The van der Waals surface area contributed by atoms with Crippen molar-refractivity contribution in [2.45, 2.75) is 43.5 Å². The highest BCUT2D eigenvalue weighted by Gasteiger charge is 2.46. The van der Waals surface area contributed by atoms with E-state index in [-0.39, 0.29) is 29.8 Å². The first kappa shape index (κ1) is 20.0. The van der Waals surface area contributed by atoms with E-state index in [1.165, 1.54) is 12.1 Å². The molecule has 3 rings (SSSR count). The number of carbonyl (C=O) groups is 1. The molecule has 0 unspecified atom stereocenters. The molecule has 1 aliphatic carbocycles. The summed E-state index contributed by atoms with van der Waals surface area (Å²) in [6.45, 7) is 3.36. The van der Waals surface area contributed by atoms with Crippen molar-refractivity contribution in [2.75, 3.05) is 19.7 Å². The average molecular weight is 379 g/mol. The molecule has 2 aliphatic rings. The average Bonchev–Trinajstić information content (AvgIpc) is 3.34. The number of carbonyl (C=O) groups excluding carboxylic acids is 1. The summed E-state index contributed by atoms with van der Waals surface area (Å²) in [5, 5.41) is 5.99. The van der Waals surface area contributed by atoms with E-state index in [0.717, 1.165) is 18.9 Å². The van der Waals surface area contributed by atoms with Gasteiger partial charge in [0.25, 0.3) is 0 Å². The van der Waals surface area contributed by atoms with E-state index >= 15 is 0 Å². The predicted molar refractivity (Wildman–Crippen MR) is 89.8 cm³/mol. The molecule has 0 radical (unpaired) electrons. The maximum Gasteiger partial charge on any atom is 0.416 e. The van der Waals surface area contributed by atoms with Crippen LogP contribution in [0.1, 0.15) is 30.9 Å². The van der Waals surface area contributed by atoms with Crippen molar-refractivity contribution in [1.29, 1.82) is 0 Å². The largest absolute Gasteiger partial charge is 0.416 e. The van der Waals surface area contributed by atoms with Crippen molar-refractivity contribution in [2.24, 2.45) is 0 Å². The number of ether oxygens (including phenoxy) is 1. The quantitative estimate of drug-likeness (QED) is 0.847. The summed E-state index contributed by atoms with van der Waals surface area (Å²) < 4.78 is 44.1. The van der Waals surface area contributed by atoms with Gasteiger partial charge < -0.3 is 15.4 Å². The van der Waals surface area contributed by atoms with Gasteiger partial charge in [-0.3, -0.25) is 4.79 Å². The van der Waals surface area contributed by atoms with Crippen LogP contribution in [0.4, 0.5) is 13.2 Å². The number of amides is 1. The topological polar surface area (TPSA) is 50.4 Å². The standard InChI is InChI=1S/C17H21F3N2O2.ClH/c1-11-14(21-7-8-24-11)15(23)22-10-16(5-6-16)12-3-2-4-13(9-12)17(18,19)20;/h2-4,9,11,14,21H,5-8,10H2,1H3,(H,22,23);1H/t11-,14+;/m1./s1. The van der Waals surface area contributed by atoms with E-state index < -0.39 is 17.8 Å². The minimum atomic E-state index is -4.35. The Labute approximate surface area is 150 Å². The Morgan fingerprint density at radius 1 is 1.40 bits per heavy atom. The first-order valence-corrected chi connectivity index (χ1v) is 8.12. The maximum atomic E-state index is 12.9. The number of morpholine rings is 1. The normalized spacial score (nSPS) is 25.0. The fraction of sp³-hybridized carbons (Fsp3) is 0.588. The van der Waals surface area contributed by atoms with Crippen LogP contribution < -0.4 is 10.6 Å². The highest BCUT2D eigenvalue weighted by molar-refractivity contribution is 5.85. The molecular formula is C17H22ClF3N2O2. The fourth-order valence-electron chi connectivity index (χ4n) is 3.14. The monoisotopic (exact) mass is 378 g/mol. The molecule has 2 fully saturated rings. The van der Waals surface area contributed by atoms with Crippen LogP contribution in [0.15, 0.2) is 24.3 Å². The van der Waals surface area contributed by atoms with Crippen molar-refractivity contribution in [1.82, 2.24) is 10.6 Å². The summed E-state index contributed by atoms with van der Waals surface area (Å²) in [4.78, 5) is 12.3. The highest BCUT2D eigenvalue weighted by Crippen LogP contribution is 2.48. The zero-order valence-electron chi connectivity index (χ0n) is 13.9. The van der Waals surface area contributed by atoms with Gasteiger partial charge in [0.2, 0.25) is 5.91 Å². The molecule has 1 aromatic rings. The van der Waals surface area contributed by atoms with Crippen molar-refractivity contribution in [3.05, 3.63) is 35.4 Å². The first-order valence-electron chi connectivity index (χ1n) is 8.12. The van der Waals surface area contributed by atoms with Gasteiger partial charge in [0.05, 0.1) is 18.3 Å². The Kier molecular flexibility index (Phi) is 6.01. The van der Waals surface area contributed by atoms with E-state index in [9.17, 15) is 18.0 Å². The van der Waals surface area contributed by atoms with Gasteiger partial charge in [-0.25, -0.2) is 0 Å². The summed E-state index contributed by atoms with van der Waals surface area (Å²) in [5.41, 5.74) is -0.387. The van der Waals surface area contributed by atoms with E-state index in [4.69, 9.17) is 4.74 Å². The molecule has 1 heterocycles. The molecule has 8 heteroatoms. The second-order valence-corrected chi connectivity index (χ2v) is 6.58. The number of halogens is 4. The molecule has 1 saturated carbocycles. The number of alkyl halides is 3. The zero-order chi connectivity index (χ0) is 17.4. The first-order chi connectivity index (χ1) is 11.3. The summed E-state index contributed by atoms with van der Waals surface area (Å²) in [7, 11) is 0. The molecule has 140 valence electrons. The Hall–Kier alpha value is -1.31. The number of hydrogen-bond acceptors (Lipinski definition) is 3. The number of hydrogen-bond donors (Lipinski definition) is 2. The lowest BCUT2D eigenvalue weighted by molar-refractivity contribution is -0.137. The van der Waals surface area contributed by atoms with Crippen molar-refractivity contribution >= 4 is 18.3 Å². The van der Waals surface area contributed by atoms with Crippen molar-refractivity contribution in [3.63, 3.8) is 0 Å². The van der Waals surface area contributed by atoms with Crippen molar-refractivity contribution in [3.8, 4) is 0 Å². The minimum absolute atomic E-state index is 0. The molecule has 1 amide bonds. The zero-order valence-corrected chi connectivity index (χ0v) is 14.7. The third-order valence-electron chi connectivity index (χ3n) is 4.86. The van der Waals surface area contributed by atoms with Gasteiger partial charge in [0.1, 0.15) is 6.04 Å². The smallest absolute Gasteiger partial charge is 0.375 e. The lowest BCUT2D eigenvalue weighted by atomic mass is 9.94. The Bertz CT molecular complexity index is 620. The maximum absolute atomic E-state index is 12.9. The van der Waals surface area contributed by atoms with E-state index in [1.54, 1.807) is 6.07 Å². The fourth-order valence-corrected chi connectivity index (χ4v) is 3.14. The highest BCUT2D eigenvalue weighted by atomic mass is 35.5. The van der Waals surface area contributed by atoms with E-state index in [0.29, 0.717) is 25.3 Å². The van der Waals surface area contributed by atoms with Gasteiger partial charge in [0, 0.05) is 18.5 Å². The summed E-state index contributed by atoms with van der Waals surface area (Å²) >= 11 is 0. The van der Waals surface area contributed by atoms with Crippen LogP contribution in [0.5, 0.6) is 0 Å². The molecule has 1 aromatic carbocycles. The third-order valence-corrected chi connectivity index (χ3v) is 4.86. The van der Waals surface area contributed by atoms with Crippen LogP contribution in [-0.2, 0) is 21.1 Å². The van der Waals surface area contributed by atoms with Gasteiger partial charge in [-0.2, -0.15) is 13.2 Å². The van der Waals surface area contributed by atoms with Gasteiger partial charge in [-0.15, -0.1) is 12.4 Å². The molecular weight excluding hydrogens is 357 g/mol. The summed E-state index contributed by atoms with van der Waals surface area (Å²) in [6, 6.07) is 4.99. The summed E-state index contributed by atoms with van der Waals surface area (Å²) in [6.07, 6.45) is -3.02. The Balaban J connectivity index is 0.00000225. The minimum Gasteiger partial charge on any atom is -0.375 e. The molecule has 2 N–H and O–H groups in total. The second kappa shape index (κ2) is 7.51. The Morgan fingerprint density at radius 2 is 2.12 bits per heavy atom. The van der Waals surface area contributed by atoms with Crippen LogP contribution >= 0.6 is 12.4 Å². The molecule has 4 nitrogen and oxygen atoms in total. The molecule has 1 aliphatic heterocycles. The van der Waals surface area contributed by atoms with Crippen LogP contribution in [0.25, 0.3) is 0 Å². The van der Waals surface area contributed by atoms with Crippen LogP contribution in [0.3, 0.4) is 0 Å². The van der Waals surface area contributed by atoms with Crippen LogP contribution in [-0.4, -0.2) is 37.7 Å². The number of rotatable bonds is 4. The predicted octanol–water partition coefficient (Wildman–Crippen LogP) is 2.65.